The first-order valence-electron chi connectivity index (χ1n) is 8.58. The van der Waals surface area contributed by atoms with Gasteiger partial charge in [0.25, 0.3) is 0 Å². The van der Waals surface area contributed by atoms with Crippen molar-refractivity contribution in [2.45, 2.75) is 97.9 Å². The first kappa shape index (κ1) is 22.9. The topological polar surface area (TPSA) is 83.8 Å². The van der Waals surface area contributed by atoms with Gasteiger partial charge >= 0.3 is 0 Å². The molecule has 4 nitrogen and oxygen atoms in total. The highest BCUT2D eigenvalue weighted by Crippen LogP contribution is 2.22. The molecule has 0 spiro atoms. The van der Waals surface area contributed by atoms with Crippen molar-refractivity contribution in [2.24, 2.45) is 10.5 Å². The number of nitriles is 2. The molecule has 0 aliphatic carbocycles. The second-order valence-corrected chi connectivity index (χ2v) is 6.52. The molecule has 126 valence electrons. The standard InChI is InChI=1S/C10H19N.C8H15N3/c1-4-5-6-7-8-10(2,3)9-11;1-3-5-6-8(4-2,7-9)11-10/h4-8H2,1-3H3;10H,3-6H2,1-2H3. The van der Waals surface area contributed by atoms with Gasteiger partial charge in [-0.15, -0.1) is 0 Å². The largest absolute Gasteiger partial charge is 0.208 e. The van der Waals surface area contributed by atoms with E-state index in [1.807, 2.05) is 20.8 Å². The maximum atomic E-state index is 8.74. The molecular weight excluding hydrogens is 272 g/mol. The van der Waals surface area contributed by atoms with Crippen molar-refractivity contribution in [3.8, 4) is 12.1 Å². The highest BCUT2D eigenvalue weighted by atomic mass is 15.0. The summed E-state index contributed by atoms with van der Waals surface area (Å²) < 4.78 is 0. The van der Waals surface area contributed by atoms with Crippen LogP contribution in [0.15, 0.2) is 5.11 Å². The van der Waals surface area contributed by atoms with Crippen LogP contribution < -0.4 is 0 Å². The van der Waals surface area contributed by atoms with Crippen molar-refractivity contribution >= 4 is 0 Å². The zero-order chi connectivity index (χ0) is 17.5. The molecule has 0 aliphatic rings. The molecule has 1 N–H and O–H groups in total. The van der Waals surface area contributed by atoms with Crippen LogP contribution in [0.5, 0.6) is 0 Å². The fraction of sp³-hybridized carbons (Fsp3) is 0.889. The zero-order valence-corrected chi connectivity index (χ0v) is 15.2. The molecule has 0 aromatic carbocycles. The molecule has 0 aromatic rings. The van der Waals surface area contributed by atoms with Crippen LogP contribution in [0, 0.1) is 33.6 Å². The van der Waals surface area contributed by atoms with Crippen molar-refractivity contribution in [1.82, 2.24) is 0 Å². The maximum absolute atomic E-state index is 8.74. The van der Waals surface area contributed by atoms with E-state index < -0.39 is 5.54 Å². The molecule has 0 aliphatic heterocycles. The summed E-state index contributed by atoms with van der Waals surface area (Å²) >= 11 is 0. The number of nitrogens with one attached hydrogen (secondary N) is 1. The van der Waals surface area contributed by atoms with Crippen LogP contribution in [0.25, 0.3) is 0 Å². The summed E-state index contributed by atoms with van der Waals surface area (Å²) in [5, 5.41) is 20.8. The third-order valence-electron chi connectivity index (χ3n) is 3.91. The smallest absolute Gasteiger partial charge is 0.166 e. The zero-order valence-electron chi connectivity index (χ0n) is 15.2. The summed E-state index contributed by atoms with van der Waals surface area (Å²) in [6.45, 7) is 10.2. The van der Waals surface area contributed by atoms with Crippen LogP contribution in [-0.4, -0.2) is 5.54 Å². The van der Waals surface area contributed by atoms with Gasteiger partial charge in [-0.25, -0.2) is 5.53 Å². The molecule has 0 saturated heterocycles. The van der Waals surface area contributed by atoms with Crippen molar-refractivity contribution in [3.05, 3.63) is 0 Å². The van der Waals surface area contributed by atoms with Crippen molar-refractivity contribution < 1.29 is 0 Å². The summed E-state index contributed by atoms with van der Waals surface area (Å²) in [5.41, 5.74) is 6.06. The van der Waals surface area contributed by atoms with Gasteiger partial charge in [0.2, 0.25) is 0 Å². The lowest BCUT2D eigenvalue weighted by Gasteiger charge is -2.16. The first-order valence-corrected chi connectivity index (χ1v) is 8.58. The van der Waals surface area contributed by atoms with E-state index in [0.717, 1.165) is 25.7 Å². The van der Waals surface area contributed by atoms with E-state index in [9.17, 15) is 0 Å². The van der Waals surface area contributed by atoms with E-state index in [1.165, 1.54) is 25.7 Å². The molecule has 0 bridgehead atoms. The number of rotatable bonds is 10. The van der Waals surface area contributed by atoms with E-state index in [-0.39, 0.29) is 5.41 Å². The second-order valence-electron chi connectivity index (χ2n) is 6.52. The number of nitrogens with zero attached hydrogens (tertiary/aromatic N) is 3. The molecule has 4 heteroatoms. The Morgan fingerprint density at radius 3 is 1.82 bits per heavy atom. The molecular formula is C18H34N4. The molecule has 22 heavy (non-hydrogen) atoms. The molecule has 1 unspecified atom stereocenters. The third-order valence-corrected chi connectivity index (χ3v) is 3.91. The number of unbranched alkanes of at least 4 members (excludes halogenated alkanes) is 4. The van der Waals surface area contributed by atoms with Gasteiger partial charge in [0.15, 0.2) is 5.54 Å². The van der Waals surface area contributed by atoms with Crippen LogP contribution in [0.2, 0.25) is 0 Å². The molecule has 0 amide bonds. The van der Waals surface area contributed by atoms with Gasteiger partial charge in [0.05, 0.1) is 17.6 Å². The Balaban J connectivity index is 0. The molecule has 0 heterocycles. The number of hydrogen-bond donors (Lipinski definition) is 1. The van der Waals surface area contributed by atoms with Gasteiger partial charge in [-0.3, -0.25) is 0 Å². The van der Waals surface area contributed by atoms with Gasteiger partial charge in [0.1, 0.15) is 0 Å². The molecule has 0 saturated carbocycles. The summed E-state index contributed by atoms with van der Waals surface area (Å²) in [6.07, 6.45) is 9.50. The Morgan fingerprint density at radius 2 is 1.45 bits per heavy atom. The SMILES string of the molecule is CCCCC(C#N)(CC)N=N.CCCCCCC(C)(C)C#N. The summed E-state index contributed by atoms with van der Waals surface area (Å²) in [7, 11) is 0. The van der Waals surface area contributed by atoms with Crippen LogP contribution in [0.3, 0.4) is 0 Å². The van der Waals surface area contributed by atoms with E-state index in [0.29, 0.717) is 6.42 Å². The van der Waals surface area contributed by atoms with Crippen molar-refractivity contribution in [1.29, 1.82) is 16.1 Å². The molecule has 0 radical (unpaired) electrons. The quantitative estimate of drug-likeness (QED) is 0.374. The van der Waals surface area contributed by atoms with E-state index in [1.54, 1.807) is 0 Å². The van der Waals surface area contributed by atoms with Crippen LogP contribution in [0.4, 0.5) is 0 Å². The molecule has 0 rings (SSSR count). The second kappa shape index (κ2) is 13.3. The lowest BCUT2D eigenvalue weighted by atomic mass is 9.89. The van der Waals surface area contributed by atoms with Gasteiger partial charge in [-0.05, 0) is 33.1 Å². The lowest BCUT2D eigenvalue weighted by Crippen LogP contribution is -2.21. The summed E-state index contributed by atoms with van der Waals surface area (Å²) in [4.78, 5) is 0. The fourth-order valence-electron chi connectivity index (χ4n) is 1.99. The summed E-state index contributed by atoms with van der Waals surface area (Å²) in [6, 6.07) is 4.41. The Hall–Kier alpha value is -1.42. The highest BCUT2D eigenvalue weighted by molar-refractivity contribution is 5.04. The molecule has 1 atom stereocenters. The summed E-state index contributed by atoms with van der Waals surface area (Å²) in [5.74, 6) is 0. The fourth-order valence-corrected chi connectivity index (χ4v) is 1.99. The van der Waals surface area contributed by atoms with E-state index >= 15 is 0 Å². The Bertz CT molecular complexity index is 362. The van der Waals surface area contributed by atoms with Crippen LogP contribution in [-0.2, 0) is 0 Å². The van der Waals surface area contributed by atoms with Crippen molar-refractivity contribution in [2.75, 3.05) is 0 Å². The Kier molecular flexibility index (Phi) is 13.8. The maximum Gasteiger partial charge on any atom is 0.166 e. The van der Waals surface area contributed by atoms with E-state index in [2.05, 4.69) is 31.1 Å². The third kappa shape index (κ3) is 11.3. The molecule has 0 aromatic heterocycles. The minimum atomic E-state index is -0.726. The average Bonchev–Trinajstić information content (AvgIpc) is 2.54. The van der Waals surface area contributed by atoms with E-state index in [4.69, 9.17) is 16.1 Å². The Labute approximate surface area is 137 Å². The van der Waals surface area contributed by atoms with Gasteiger partial charge in [-0.2, -0.15) is 15.6 Å². The minimum Gasteiger partial charge on any atom is -0.208 e. The lowest BCUT2D eigenvalue weighted by molar-refractivity contribution is 0.422. The van der Waals surface area contributed by atoms with Gasteiger partial charge in [0, 0.05) is 0 Å². The predicted octanol–water partition coefficient (Wildman–Crippen LogP) is 6.39. The van der Waals surface area contributed by atoms with Crippen LogP contribution >= 0.6 is 0 Å². The average molecular weight is 306 g/mol. The number of hydrogen-bond acceptors (Lipinski definition) is 4. The minimum absolute atomic E-state index is 0.103. The van der Waals surface area contributed by atoms with Gasteiger partial charge < -0.3 is 0 Å². The van der Waals surface area contributed by atoms with Crippen LogP contribution in [0.1, 0.15) is 92.4 Å². The van der Waals surface area contributed by atoms with Gasteiger partial charge in [-0.1, -0.05) is 59.3 Å². The Morgan fingerprint density at radius 1 is 0.864 bits per heavy atom. The predicted molar refractivity (Wildman–Crippen MR) is 91.5 cm³/mol. The molecule has 0 fully saturated rings. The normalized spacial score (nSPS) is 13.0. The highest BCUT2D eigenvalue weighted by Gasteiger charge is 2.25. The first-order chi connectivity index (χ1) is 10.4. The van der Waals surface area contributed by atoms with Crippen molar-refractivity contribution in [3.63, 3.8) is 0 Å². The monoisotopic (exact) mass is 306 g/mol.